The highest BCUT2D eigenvalue weighted by Gasteiger charge is 2.47. The molecule has 3 amide bonds. The second kappa shape index (κ2) is 8.53. The fourth-order valence-corrected chi connectivity index (χ4v) is 4.24. The van der Waals surface area contributed by atoms with Crippen molar-refractivity contribution in [1.82, 2.24) is 9.88 Å². The van der Waals surface area contributed by atoms with Gasteiger partial charge in [-0.25, -0.2) is 18.1 Å². The summed E-state index contributed by atoms with van der Waals surface area (Å²) < 4.78 is 61.3. The zero-order valence-corrected chi connectivity index (χ0v) is 18.4. The van der Waals surface area contributed by atoms with Crippen molar-refractivity contribution in [3.63, 3.8) is 0 Å². The molecule has 1 atom stereocenters. The van der Waals surface area contributed by atoms with Crippen molar-refractivity contribution in [2.45, 2.75) is 50.2 Å². The van der Waals surface area contributed by atoms with E-state index in [0.717, 1.165) is 46.7 Å². The van der Waals surface area contributed by atoms with E-state index in [-0.39, 0.29) is 12.2 Å². The normalized spacial score (nSPS) is 17.5. The summed E-state index contributed by atoms with van der Waals surface area (Å²) >= 11 is 0. The first-order valence-corrected chi connectivity index (χ1v) is 11.3. The molecule has 0 radical (unpaired) electrons. The number of nitrogens with zero attached hydrogens (tertiary/aromatic N) is 3. The van der Waals surface area contributed by atoms with Crippen molar-refractivity contribution in [2.75, 3.05) is 4.90 Å². The maximum Gasteiger partial charge on any atom is 0.501 e. The van der Waals surface area contributed by atoms with Crippen molar-refractivity contribution in [3.8, 4) is 0 Å². The molecule has 3 rings (SSSR count). The van der Waals surface area contributed by atoms with Crippen molar-refractivity contribution in [3.05, 3.63) is 53.9 Å². The first-order valence-electron chi connectivity index (χ1n) is 9.82. The number of hydrogen-bond donors (Lipinski definition) is 0. The minimum atomic E-state index is -5.53. The minimum Gasteiger partial charge on any atom is -0.308 e. The number of urea groups is 1. The number of carbonyl (C=O) groups is 2. The van der Waals surface area contributed by atoms with E-state index in [1.165, 1.54) is 4.90 Å². The summed E-state index contributed by atoms with van der Waals surface area (Å²) in [7, 11) is -5.53. The van der Waals surface area contributed by atoms with Gasteiger partial charge in [-0.15, -0.1) is 0 Å². The van der Waals surface area contributed by atoms with Crippen LogP contribution in [0.2, 0.25) is 0 Å². The summed E-state index contributed by atoms with van der Waals surface area (Å²) in [5, 5.41) is 0. The summed E-state index contributed by atoms with van der Waals surface area (Å²) in [5.41, 5.74) is -3.66. The van der Waals surface area contributed by atoms with Gasteiger partial charge in [0, 0.05) is 18.9 Å². The van der Waals surface area contributed by atoms with Crippen molar-refractivity contribution >= 4 is 27.5 Å². The van der Waals surface area contributed by atoms with Gasteiger partial charge in [-0.05, 0) is 60.7 Å². The molecule has 0 saturated carbocycles. The minimum absolute atomic E-state index is 0.00685. The molecule has 1 saturated heterocycles. The number of sulfone groups is 1. The zero-order valence-electron chi connectivity index (χ0n) is 17.6. The van der Waals surface area contributed by atoms with Crippen molar-refractivity contribution in [1.29, 1.82) is 0 Å². The Balaban J connectivity index is 1.87. The number of hydrogen-bond acceptors (Lipinski definition) is 5. The molecule has 32 heavy (non-hydrogen) atoms. The first-order chi connectivity index (χ1) is 14.8. The van der Waals surface area contributed by atoms with Gasteiger partial charge in [0.15, 0.2) is 0 Å². The lowest BCUT2D eigenvalue weighted by Crippen LogP contribution is -2.33. The van der Waals surface area contributed by atoms with Gasteiger partial charge in [-0.3, -0.25) is 9.78 Å². The second-order valence-corrected chi connectivity index (χ2v) is 9.89. The average Bonchev–Trinajstić information content (AvgIpc) is 2.91. The second-order valence-electron chi connectivity index (χ2n) is 7.95. The van der Waals surface area contributed by atoms with E-state index in [1.54, 1.807) is 25.4 Å². The van der Waals surface area contributed by atoms with Crippen LogP contribution < -0.4 is 4.90 Å². The molecule has 1 fully saturated rings. The van der Waals surface area contributed by atoms with Crippen LogP contribution in [0.4, 0.5) is 23.7 Å². The summed E-state index contributed by atoms with van der Waals surface area (Å²) in [6.07, 6.45) is 4.07. The topological polar surface area (TPSA) is 87.7 Å². The van der Waals surface area contributed by atoms with Crippen LogP contribution in [0.1, 0.15) is 31.9 Å². The SMILES string of the molecule is CC(C)Cc1cnccc1CN1C(=O)N(c2ccc(S(=O)(=O)C(F)(F)F)cc2)C(=O)C1C. The van der Waals surface area contributed by atoms with Gasteiger partial charge in [-0.2, -0.15) is 13.2 Å². The smallest absolute Gasteiger partial charge is 0.308 e. The average molecular weight is 469 g/mol. The van der Waals surface area contributed by atoms with Crippen LogP contribution in [0.25, 0.3) is 0 Å². The van der Waals surface area contributed by atoms with E-state index in [4.69, 9.17) is 0 Å². The summed E-state index contributed by atoms with van der Waals surface area (Å²) in [6, 6.07) is 3.83. The molecule has 1 aliphatic heterocycles. The first kappa shape index (κ1) is 23.7. The predicted octanol–water partition coefficient (Wildman–Crippen LogP) is 3.93. The number of pyridine rings is 1. The summed E-state index contributed by atoms with van der Waals surface area (Å²) in [4.78, 5) is 31.2. The Morgan fingerprint density at radius 2 is 1.69 bits per heavy atom. The third kappa shape index (κ3) is 4.34. The third-order valence-corrected chi connectivity index (χ3v) is 6.67. The lowest BCUT2D eigenvalue weighted by Gasteiger charge is -2.21. The lowest BCUT2D eigenvalue weighted by atomic mass is 9.99. The van der Waals surface area contributed by atoms with Gasteiger partial charge in [0.1, 0.15) is 6.04 Å². The molecule has 1 aromatic heterocycles. The Kier molecular flexibility index (Phi) is 6.32. The molecule has 172 valence electrons. The maximum atomic E-state index is 13.0. The van der Waals surface area contributed by atoms with E-state index in [2.05, 4.69) is 4.98 Å². The molecule has 2 aromatic rings. The number of carbonyl (C=O) groups excluding carboxylic acids is 2. The highest BCUT2D eigenvalue weighted by atomic mass is 32.2. The van der Waals surface area contributed by atoms with E-state index >= 15 is 0 Å². The predicted molar refractivity (Wildman–Crippen MR) is 110 cm³/mol. The lowest BCUT2D eigenvalue weighted by molar-refractivity contribution is -0.119. The quantitative estimate of drug-likeness (QED) is 0.599. The number of benzene rings is 1. The number of rotatable bonds is 6. The van der Waals surface area contributed by atoms with E-state index < -0.39 is 38.2 Å². The molecule has 2 heterocycles. The van der Waals surface area contributed by atoms with Gasteiger partial charge >= 0.3 is 11.5 Å². The molecule has 7 nitrogen and oxygen atoms in total. The van der Waals surface area contributed by atoms with E-state index in [0.29, 0.717) is 5.92 Å². The van der Waals surface area contributed by atoms with E-state index in [9.17, 15) is 31.2 Å². The highest BCUT2D eigenvalue weighted by Crippen LogP contribution is 2.33. The molecule has 0 spiro atoms. The molecule has 0 bridgehead atoms. The third-order valence-electron chi connectivity index (χ3n) is 5.17. The molecule has 0 N–H and O–H groups in total. The van der Waals surface area contributed by atoms with Crippen molar-refractivity contribution < 1.29 is 31.2 Å². The molecular weight excluding hydrogens is 447 g/mol. The summed E-state index contributed by atoms with van der Waals surface area (Å²) in [6.45, 7) is 5.82. The maximum absolute atomic E-state index is 13.0. The van der Waals surface area contributed by atoms with Gasteiger partial charge in [0.2, 0.25) is 0 Å². The largest absolute Gasteiger partial charge is 0.501 e. The Morgan fingerprint density at radius 1 is 1.06 bits per heavy atom. The molecule has 0 aliphatic carbocycles. The van der Waals surface area contributed by atoms with Crippen LogP contribution in [0, 0.1) is 5.92 Å². The molecule has 11 heteroatoms. The molecule has 1 unspecified atom stereocenters. The standard InChI is InChI=1S/C21H22F3N3O4S/c1-13(2)10-16-11-25-9-8-15(16)12-26-14(3)19(28)27(20(26)29)17-4-6-18(7-5-17)32(30,31)21(22,23)24/h4-9,11,13-14H,10,12H2,1-3H3. The molecular formula is C21H22F3N3O4S. The number of imide groups is 1. The molecule has 1 aliphatic rings. The highest BCUT2D eigenvalue weighted by molar-refractivity contribution is 7.92. The van der Waals surface area contributed by atoms with Crippen molar-refractivity contribution in [2.24, 2.45) is 5.92 Å². The van der Waals surface area contributed by atoms with Crippen LogP contribution in [-0.2, 0) is 27.6 Å². The van der Waals surface area contributed by atoms with Gasteiger partial charge in [0.25, 0.3) is 15.7 Å². The van der Waals surface area contributed by atoms with Crippen LogP contribution in [-0.4, -0.2) is 41.8 Å². The van der Waals surface area contributed by atoms with Crippen LogP contribution in [0.5, 0.6) is 0 Å². The Hall–Kier alpha value is -2.95. The zero-order chi connectivity index (χ0) is 23.8. The fraction of sp³-hybridized carbons (Fsp3) is 0.381. The monoisotopic (exact) mass is 469 g/mol. The number of halogens is 3. The van der Waals surface area contributed by atoms with Crippen LogP contribution in [0.15, 0.2) is 47.6 Å². The Bertz CT molecular complexity index is 1130. The van der Waals surface area contributed by atoms with Gasteiger partial charge in [0.05, 0.1) is 10.6 Å². The Morgan fingerprint density at radius 3 is 2.25 bits per heavy atom. The fourth-order valence-electron chi connectivity index (χ4n) is 3.48. The van der Waals surface area contributed by atoms with Gasteiger partial charge < -0.3 is 4.90 Å². The summed E-state index contributed by atoms with van der Waals surface area (Å²) in [5.74, 6) is -0.199. The van der Waals surface area contributed by atoms with Gasteiger partial charge in [-0.1, -0.05) is 13.8 Å². The number of amides is 3. The Labute approximate surface area is 183 Å². The molecule has 1 aromatic carbocycles. The number of anilines is 1. The van der Waals surface area contributed by atoms with Crippen LogP contribution >= 0.6 is 0 Å². The van der Waals surface area contributed by atoms with Crippen LogP contribution in [0.3, 0.4) is 0 Å². The number of alkyl halides is 3. The van der Waals surface area contributed by atoms with E-state index in [1.807, 2.05) is 13.8 Å². The number of aromatic nitrogens is 1.